The zero-order valence-electron chi connectivity index (χ0n) is 10.9. The molecule has 0 bridgehead atoms. The Morgan fingerprint density at radius 2 is 2.05 bits per heavy atom. The van der Waals surface area contributed by atoms with Crippen molar-refractivity contribution in [3.8, 4) is 0 Å². The summed E-state index contributed by atoms with van der Waals surface area (Å²) in [6, 6.07) is 1.99. The minimum atomic E-state index is -3.08. The van der Waals surface area contributed by atoms with Gasteiger partial charge in [-0.2, -0.15) is 0 Å². The minimum Gasteiger partial charge on any atom is -0.313 e. The molecule has 1 aromatic rings. The van der Waals surface area contributed by atoms with Crippen LogP contribution < -0.4 is 5.32 Å². The Kier molecular flexibility index (Phi) is 3.92. The summed E-state index contributed by atoms with van der Waals surface area (Å²) in [6.45, 7) is 1.57. The van der Waals surface area contributed by atoms with Gasteiger partial charge in [0.05, 0.1) is 11.5 Å². The van der Waals surface area contributed by atoms with E-state index < -0.39 is 27.5 Å². The van der Waals surface area contributed by atoms with Crippen molar-refractivity contribution in [2.75, 3.05) is 18.6 Å². The fourth-order valence-corrected chi connectivity index (χ4v) is 4.51. The molecule has 1 aliphatic rings. The highest BCUT2D eigenvalue weighted by Gasteiger charge is 2.36. The van der Waals surface area contributed by atoms with Gasteiger partial charge >= 0.3 is 0 Å². The van der Waals surface area contributed by atoms with Gasteiger partial charge in [0.25, 0.3) is 0 Å². The number of benzene rings is 1. The molecule has 0 spiro atoms. The second-order valence-corrected chi connectivity index (χ2v) is 7.25. The first kappa shape index (κ1) is 14.4. The van der Waals surface area contributed by atoms with Gasteiger partial charge in [-0.1, -0.05) is 6.07 Å². The van der Waals surface area contributed by atoms with Gasteiger partial charge in [0.2, 0.25) is 0 Å². The summed E-state index contributed by atoms with van der Waals surface area (Å²) in [5.74, 6) is -1.45. The molecule has 1 aromatic carbocycles. The largest absolute Gasteiger partial charge is 0.313 e. The van der Waals surface area contributed by atoms with Crippen LogP contribution in [0.25, 0.3) is 0 Å². The molecule has 2 atom stereocenters. The van der Waals surface area contributed by atoms with Crippen LogP contribution in [0.1, 0.15) is 23.6 Å². The molecule has 1 N–H and O–H groups in total. The average Bonchev–Trinajstić information content (AvgIpc) is 2.70. The zero-order chi connectivity index (χ0) is 14.2. The van der Waals surface area contributed by atoms with E-state index in [9.17, 15) is 17.2 Å². The molecule has 0 aliphatic carbocycles. The van der Waals surface area contributed by atoms with Crippen LogP contribution in [0.15, 0.2) is 12.1 Å². The third-order valence-electron chi connectivity index (χ3n) is 3.68. The molecule has 2 unspecified atom stereocenters. The standard InChI is InChI=1S/C13H17F2NO2S/c1-8-3-4-10(14)11(12(8)15)13(16-2)9-5-6-19(17,18)7-9/h3-4,9,13,16H,5-7H2,1-2H3. The van der Waals surface area contributed by atoms with E-state index in [4.69, 9.17) is 0 Å². The van der Waals surface area contributed by atoms with Gasteiger partial charge in [-0.15, -0.1) is 0 Å². The maximum Gasteiger partial charge on any atom is 0.150 e. The lowest BCUT2D eigenvalue weighted by Crippen LogP contribution is -2.28. The smallest absolute Gasteiger partial charge is 0.150 e. The first-order valence-electron chi connectivity index (χ1n) is 6.18. The quantitative estimate of drug-likeness (QED) is 0.925. The van der Waals surface area contributed by atoms with Crippen molar-refractivity contribution in [1.82, 2.24) is 5.32 Å². The molecule has 1 heterocycles. The molecule has 19 heavy (non-hydrogen) atoms. The molecule has 1 fully saturated rings. The van der Waals surface area contributed by atoms with Crippen LogP contribution in [-0.4, -0.2) is 27.0 Å². The number of sulfone groups is 1. The van der Waals surface area contributed by atoms with E-state index in [1.54, 1.807) is 14.0 Å². The van der Waals surface area contributed by atoms with Crippen molar-refractivity contribution in [2.24, 2.45) is 5.92 Å². The predicted octanol–water partition coefficient (Wildman–Crippen LogP) is 1.97. The van der Waals surface area contributed by atoms with E-state index in [1.807, 2.05) is 0 Å². The molecule has 1 aliphatic heterocycles. The van der Waals surface area contributed by atoms with E-state index in [-0.39, 0.29) is 23.0 Å². The van der Waals surface area contributed by atoms with Crippen LogP contribution in [-0.2, 0) is 9.84 Å². The summed E-state index contributed by atoms with van der Waals surface area (Å²) in [5, 5.41) is 2.86. The second kappa shape index (κ2) is 5.17. The highest BCUT2D eigenvalue weighted by Crippen LogP contribution is 2.34. The van der Waals surface area contributed by atoms with Crippen molar-refractivity contribution in [3.05, 3.63) is 34.9 Å². The monoisotopic (exact) mass is 289 g/mol. The zero-order valence-corrected chi connectivity index (χ0v) is 11.7. The topological polar surface area (TPSA) is 46.2 Å². The van der Waals surface area contributed by atoms with Gasteiger partial charge in [-0.05, 0) is 37.9 Å². The maximum absolute atomic E-state index is 14.1. The number of halogens is 2. The summed E-state index contributed by atoms with van der Waals surface area (Å²) >= 11 is 0. The van der Waals surface area contributed by atoms with Crippen LogP contribution >= 0.6 is 0 Å². The fourth-order valence-electron chi connectivity index (χ4n) is 2.67. The van der Waals surface area contributed by atoms with Crippen molar-refractivity contribution in [2.45, 2.75) is 19.4 Å². The lowest BCUT2D eigenvalue weighted by atomic mass is 9.91. The number of hydrogen-bond donors (Lipinski definition) is 1. The van der Waals surface area contributed by atoms with Crippen molar-refractivity contribution < 1.29 is 17.2 Å². The number of hydrogen-bond acceptors (Lipinski definition) is 3. The second-order valence-electron chi connectivity index (χ2n) is 5.02. The highest BCUT2D eigenvalue weighted by molar-refractivity contribution is 7.91. The van der Waals surface area contributed by atoms with E-state index >= 15 is 0 Å². The van der Waals surface area contributed by atoms with Crippen LogP contribution in [0.2, 0.25) is 0 Å². The predicted molar refractivity (Wildman–Crippen MR) is 69.7 cm³/mol. The van der Waals surface area contributed by atoms with Crippen molar-refractivity contribution in [1.29, 1.82) is 0 Å². The van der Waals surface area contributed by atoms with E-state index in [1.165, 1.54) is 12.1 Å². The Morgan fingerprint density at radius 1 is 1.37 bits per heavy atom. The van der Waals surface area contributed by atoms with E-state index in [0.29, 0.717) is 12.0 Å². The van der Waals surface area contributed by atoms with E-state index in [0.717, 1.165) is 0 Å². The first-order valence-corrected chi connectivity index (χ1v) is 8.00. The highest BCUT2D eigenvalue weighted by atomic mass is 32.2. The van der Waals surface area contributed by atoms with Gasteiger partial charge < -0.3 is 5.32 Å². The van der Waals surface area contributed by atoms with Crippen molar-refractivity contribution in [3.63, 3.8) is 0 Å². The lowest BCUT2D eigenvalue weighted by molar-refractivity contribution is 0.385. The first-order chi connectivity index (χ1) is 8.85. The van der Waals surface area contributed by atoms with Crippen LogP contribution in [0.3, 0.4) is 0 Å². The van der Waals surface area contributed by atoms with Gasteiger partial charge in [0.15, 0.2) is 9.84 Å². The maximum atomic E-state index is 14.1. The van der Waals surface area contributed by atoms with Crippen LogP contribution in [0.4, 0.5) is 8.78 Å². The summed E-state index contributed by atoms with van der Waals surface area (Å²) < 4.78 is 51.0. The molecule has 0 radical (unpaired) electrons. The number of aryl methyl sites for hydroxylation is 1. The van der Waals surface area contributed by atoms with Crippen molar-refractivity contribution >= 4 is 9.84 Å². The molecule has 106 valence electrons. The lowest BCUT2D eigenvalue weighted by Gasteiger charge is -2.24. The van der Waals surface area contributed by atoms with Gasteiger partial charge in [0, 0.05) is 11.6 Å². The molecule has 2 rings (SSSR count). The fraction of sp³-hybridized carbons (Fsp3) is 0.538. The molecule has 1 saturated heterocycles. The number of rotatable bonds is 3. The van der Waals surface area contributed by atoms with E-state index in [2.05, 4.69) is 5.32 Å². The van der Waals surface area contributed by atoms with Gasteiger partial charge in [-0.3, -0.25) is 0 Å². The molecular weight excluding hydrogens is 272 g/mol. The Bertz CT molecular complexity index is 587. The van der Waals surface area contributed by atoms with Crippen LogP contribution in [0.5, 0.6) is 0 Å². The molecule has 3 nitrogen and oxygen atoms in total. The normalized spacial score (nSPS) is 23.5. The summed E-state index contributed by atoms with van der Waals surface area (Å²) in [5.41, 5.74) is 0.308. The summed E-state index contributed by atoms with van der Waals surface area (Å²) in [4.78, 5) is 0. The van der Waals surface area contributed by atoms with Gasteiger partial charge in [0.1, 0.15) is 11.6 Å². The Labute approximate surface area is 111 Å². The van der Waals surface area contributed by atoms with Crippen LogP contribution in [0, 0.1) is 24.5 Å². The summed E-state index contributed by atoms with van der Waals surface area (Å²) in [6.07, 6.45) is 0.431. The Morgan fingerprint density at radius 3 is 2.58 bits per heavy atom. The third kappa shape index (κ3) is 2.79. The molecule has 0 saturated carbocycles. The molecule has 6 heteroatoms. The molecule has 0 aromatic heterocycles. The minimum absolute atomic E-state index is 0.0225. The molecular formula is C13H17F2NO2S. The average molecular weight is 289 g/mol. The number of nitrogens with one attached hydrogen (secondary N) is 1. The SMILES string of the molecule is CNC(c1c(F)ccc(C)c1F)C1CCS(=O)(=O)C1. The Hall–Kier alpha value is -1.01. The molecule has 0 amide bonds. The Balaban J connectivity index is 2.41. The summed E-state index contributed by atoms with van der Waals surface area (Å²) in [7, 11) is -1.49. The third-order valence-corrected chi connectivity index (χ3v) is 5.47. The van der Waals surface area contributed by atoms with Gasteiger partial charge in [-0.25, -0.2) is 17.2 Å².